The van der Waals surface area contributed by atoms with Crippen molar-refractivity contribution < 1.29 is 24.2 Å². The van der Waals surface area contributed by atoms with Gasteiger partial charge < -0.3 is 25.2 Å². The predicted molar refractivity (Wildman–Crippen MR) is 114 cm³/mol. The Balaban J connectivity index is 1.50. The quantitative estimate of drug-likeness (QED) is 0.628. The van der Waals surface area contributed by atoms with Crippen LogP contribution < -0.4 is 15.4 Å². The summed E-state index contributed by atoms with van der Waals surface area (Å²) in [5, 5.41) is 15.6. The van der Waals surface area contributed by atoms with E-state index in [1.807, 2.05) is 19.1 Å². The third kappa shape index (κ3) is 4.70. The molecule has 2 aliphatic rings. The minimum atomic E-state index is -0.511. The smallest absolute Gasteiger partial charge is 0.257 e. The van der Waals surface area contributed by atoms with Gasteiger partial charge in [0.1, 0.15) is 18.0 Å². The second-order valence-corrected chi connectivity index (χ2v) is 7.91. The summed E-state index contributed by atoms with van der Waals surface area (Å²) < 4.78 is 12.0. The predicted octanol–water partition coefficient (Wildman–Crippen LogP) is 2.24. The molecule has 3 heterocycles. The standard InChI is InChI=1S/C23H27N3O5/c1-2-7-25-21(28)11-16-10-18-17-9-15(26-23(29)14-4-3-8-24-12-14)5-6-19(17)31-22(18)20(13-27)30-16/h3-6,8-9,12,16,18,20,22,27H,2,7,10-11,13H2,1H3,(H,25,28)(H,26,29)/t16-,18-,20+,22+/m1/s1. The monoisotopic (exact) mass is 425 g/mol. The molecule has 164 valence electrons. The summed E-state index contributed by atoms with van der Waals surface area (Å²) in [6.07, 6.45) is 3.71. The molecule has 3 N–H and O–H groups in total. The van der Waals surface area contributed by atoms with Crippen LogP contribution >= 0.6 is 0 Å². The van der Waals surface area contributed by atoms with Crippen molar-refractivity contribution in [1.29, 1.82) is 0 Å². The minimum Gasteiger partial charge on any atom is -0.487 e. The van der Waals surface area contributed by atoms with Gasteiger partial charge in [-0.05, 0) is 43.2 Å². The van der Waals surface area contributed by atoms with Crippen molar-refractivity contribution in [2.75, 3.05) is 18.5 Å². The van der Waals surface area contributed by atoms with Crippen LogP contribution in [0.5, 0.6) is 5.75 Å². The number of carbonyl (C=O) groups is 2. The molecule has 31 heavy (non-hydrogen) atoms. The SMILES string of the molecule is CCCNC(=O)C[C@H]1C[C@@H]2c3cc(NC(=O)c4cccnc4)ccc3O[C@@H]2[C@H](CO)O1. The van der Waals surface area contributed by atoms with Gasteiger partial charge in [-0.25, -0.2) is 0 Å². The number of fused-ring (bicyclic) bond motifs is 3. The van der Waals surface area contributed by atoms with E-state index in [9.17, 15) is 14.7 Å². The fourth-order valence-corrected chi connectivity index (χ4v) is 4.21. The van der Waals surface area contributed by atoms with Crippen LogP contribution in [0.15, 0.2) is 42.7 Å². The molecule has 4 atom stereocenters. The molecule has 1 aromatic heterocycles. The molecule has 0 radical (unpaired) electrons. The van der Waals surface area contributed by atoms with Crippen molar-refractivity contribution >= 4 is 17.5 Å². The zero-order valence-electron chi connectivity index (χ0n) is 17.4. The zero-order valence-corrected chi connectivity index (χ0v) is 17.4. The Labute approximate surface area is 181 Å². The second-order valence-electron chi connectivity index (χ2n) is 7.91. The average molecular weight is 425 g/mol. The van der Waals surface area contributed by atoms with E-state index >= 15 is 0 Å². The molecular weight excluding hydrogens is 398 g/mol. The molecule has 2 aromatic rings. The lowest BCUT2D eigenvalue weighted by Gasteiger charge is -2.37. The summed E-state index contributed by atoms with van der Waals surface area (Å²) in [6, 6.07) is 8.93. The van der Waals surface area contributed by atoms with Crippen LogP contribution in [-0.2, 0) is 9.53 Å². The van der Waals surface area contributed by atoms with Crippen molar-refractivity contribution in [2.24, 2.45) is 0 Å². The molecule has 0 saturated carbocycles. The van der Waals surface area contributed by atoms with E-state index in [4.69, 9.17) is 9.47 Å². The minimum absolute atomic E-state index is 0.0277. The molecule has 2 aliphatic heterocycles. The number of hydrogen-bond acceptors (Lipinski definition) is 6. The second kappa shape index (κ2) is 9.45. The fourth-order valence-electron chi connectivity index (χ4n) is 4.21. The van der Waals surface area contributed by atoms with E-state index < -0.39 is 6.10 Å². The normalized spacial score (nSPS) is 23.9. The van der Waals surface area contributed by atoms with Crippen molar-refractivity contribution in [3.63, 3.8) is 0 Å². The Bertz CT molecular complexity index is 936. The first kappa shape index (κ1) is 21.3. The van der Waals surface area contributed by atoms with Gasteiger partial charge in [-0.2, -0.15) is 0 Å². The number of ether oxygens (including phenoxy) is 2. The van der Waals surface area contributed by atoms with Gasteiger partial charge in [-0.15, -0.1) is 0 Å². The van der Waals surface area contributed by atoms with E-state index in [-0.39, 0.29) is 43.0 Å². The Morgan fingerprint density at radius 3 is 2.90 bits per heavy atom. The van der Waals surface area contributed by atoms with Gasteiger partial charge in [-0.3, -0.25) is 14.6 Å². The van der Waals surface area contributed by atoms with Gasteiger partial charge in [0.2, 0.25) is 5.91 Å². The Morgan fingerprint density at radius 1 is 1.29 bits per heavy atom. The first-order valence-corrected chi connectivity index (χ1v) is 10.6. The third-order valence-electron chi connectivity index (χ3n) is 5.67. The largest absolute Gasteiger partial charge is 0.487 e. The summed E-state index contributed by atoms with van der Waals surface area (Å²) in [4.78, 5) is 28.6. The van der Waals surface area contributed by atoms with Gasteiger partial charge in [0.05, 0.1) is 24.7 Å². The summed E-state index contributed by atoms with van der Waals surface area (Å²) in [5.74, 6) is 0.389. The average Bonchev–Trinajstić information content (AvgIpc) is 3.15. The van der Waals surface area contributed by atoms with Crippen LogP contribution in [0.3, 0.4) is 0 Å². The molecule has 0 unspecified atom stereocenters. The molecule has 2 amide bonds. The topological polar surface area (TPSA) is 110 Å². The zero-order chi connectivity index (χ0) is 21.8. The van der Waals surface area contributed by atoms with E-state index in [0.29, 0.717) is 30.0 Å². The number of pyridine rings is 1. The molecule has 1 aromatic carbocycles. The van der Waals surface area contributed by atoms with E-state index in [1.54, 1.807) is 24.4 Å². The number of aliphatic hydroxyl groups excluding tert-OH is 1. The maximum Gasteiger partial charge on any atom is 0.257 e. The number of benzene rings is 1. The number of carbonyl (C=O) groups excluding carboxylic acids is 2. The van der Waals surface area contributed by atoms with Crippen molar-refractivity contribution in [2.45, 2.75) is 50.4 Å². The van der Waals surface area contributed by atoms with Crippen LogP contribution in [-0.4, -0.2) is 53.4 Å². The van der Waals surface area contributed by atoms with Gasteiger partial charge in [0, 0.05) is 36.1 Å². The fraction of sp³-hybridized carbons (Fsp3) is 0.435. The Kier molecular flexibility index (Phi) is 6.48. The number of nitrogens with zero attached hydrogens (tertiary/aromatic N) is 1. The molecule has 4 rings (SSSR count). The number of anilines is 1. The molecule has 0 spiro atoms. The molecule has 8 heteroatoms. The first-order chi connectivity index (χ1) is 15.1. The van der Waals surface area contributed by atoms with E-state index in [1.165, 1.54) is 6.20 Å². The van der Waals surface area contributed by atoms with Gasteiger partial charge >= 0.3 is 0 Å². The Morgan fingerprint density at radius 2 is 2.16 bits per heavy atom. The summed E-state index contributed by atoms with van der Waals surface area (Å²) in [5.41, 5.74) is 2.08. The number of aromatic nitrogens is 1. The van der Waals surface area contributed by atoms with E-state index in [0.717, 1.165) is 12.0 Å². The van der Waals surface area contributed by atoms with E-state index in [2.05, 4.69) is 15.6 Å². The first-order valence-electron chi connectivity index (χ1n) is 10.6. The van der Waals surface area contributed by atoms with Crippen LogP contribution in [0.25, 0.3) is 0 Å². The number of hydrogen-bond donors (Lipinski definition) is 3. The summed E-state index contributed by atoms with van der Waals surface area (Å²) in [6.45, 7) is 2.45. The van der Waals surface area contributed by atoms with Gasteiger partial charge in [0.25, 0.3) is 5.91 Å². The number of aliphatic hydroxyl groups is 1. The maximum absolute atomic E-state index is 12.5. The number of nitrogens with one attached hydrogen (secondary N) is 2. The molecule has 1 fully saturated rings. The summed E-state index contributed by atoms with van der Waals surface area (Å²) >= 11 is 0. The van der Waals surface area contributed by atoms with Crippen molar-refractivity contribution in [3.05, 3.63) is 53.9 Å². The van der Waals surface area contributed by atoms with Gasteiger partial charge in [0.15, 0.2) is 0 Å². The lowest BCUT2D eigenvalue weighted by molar-refractivity contribution is -0.142. The molecular formula is C23H27N3O5. The number of amides is 2. The molecule has 8 nitrogen and oxygen atoms in total. The maximum atomic E-state index is 12.5. The third-order valence-corrected chi connectivity index (χ3v) is 5.67. The lowest BCUT2D eigenvalue weighted by Crippen LogP contribution is -2.47. The molecule has 1 saturated heterocycles. The number of rotatable bonds is 7. The highest BCUT2D eigenvalue weighted by Gasteiger charge is 2.46. The highest BCUT2D eigenvalue weighted by atomic mass is 16.6. The van der Waals surface area contributed by atoms with Gasteiger partial charge in [-0.1, -0.05) is 6.92 Å². The van der Waals surface area contributed by atoms with Crippen LogP contribution in [0.1, 0.15) is 48.0 Å². The van der Waals surface area contributed by atoms with Crippen molar-refractivity contribution in [3.8, 4) is 5.75 Å². The van der Waals surface area contributed by atoms with Crippen LogP contribution in [0.2, 0.25) is 0 Å². The molecule has 0 aliphatic carbocycles. The summed E-state index contributed by atoms with van der Waals surface area (Å²) in [7, 11) is 0. The highest BCUT2D eigenvalue weighted by Crippen LogP contribution is 2.47. The van der Waals surface area contributed by atoms with Crippen molar-refractivity contribution in [1.82, 2.24) is 10.3 Å². The molecule has 0 bridgehead atoms. The highest BCUT2D eigenvalue weighted by molar-refractivity contribution is 6.04. The van der Waals surface area contributed by atoms with Crippen LogP contribution in [0.4, 0.5) is 5.69 Å². The Hall–Kier alpha value is -2.97. The lowest BCUT2D eigenvalue weighted by atomic mass is 9.84. The van der Waals surface area contributed by atoms with Crippen LogP contribution in [0, 0.1) is 0 Å².